The minimum absolute atomic E-state index is 0.843. The number of carboxylic acids is 1. The van der Waals surface area contributed by atoms with Crippen LogP contribution in [-0.4, -0.2) is 93.9 Å². The van der Waals surface area contributed by atoms with Crippen molar-refractivity contribution in [1.29, 1.82) is 0 Å². The van der Waals surface area contributed by atoms with Gasteiger partial charge in [-0.3, -0.25) is 0 Å². The number of ether oxygens (including phenoxy) is 1. The first-order valence-electron chi connectivity index (χ1n) is 5.76. The molecule has 4 atom stereocenters. The molecule has 7 N–H and O–H groups in total. The summed E-state index contributed by atoms with van der Waals surface area (Å²) in [7, 11) is 0. The molecule has 0 aromatic rings. The van der Waals surface area contributed by atoms with E-state index in [9.17, 15) is 4.79 Å². The molecule has 114 valence electrons. The molecule has 0 aromatic heterocycles. The quantitative estimate of drug-likeness (QED) is 0.268. The lowest BCUT2D eigenvalue weighted by Gasteiger charge is -2.23. The number of aliphatic carboxylic acids is 1. The Kier molecular flexibility index (Phi) is 9.61. The average Bonchev–Trinajstić information content (AvgIpc) is 2.46. The number of rotatable bonds is 5. The van der Waals surface area contributed by atoms with Gasteiger partial charge in [0, 0.05) is 13.1 Å². The van der Waals surface area contributed by atoms with Gasteiger partial charge in [0.15, 0.2) is 6.10 Å². The first kappa shape index (κ1) is 18.2. The summed E-state index contributed by atoms with van der Waals surface area (Å²) in [5, 5.41) is 55.0. The van der Waals surface area contributed by atoms with Crippen molar-refractivity contribution < 1.29 is 40.2 Å². The van der Waals surface area contributed by atoms with Crippen LogP contribution in [0.2, 0.25) is 0 Å². The van der Waals surface area contributed by atoms with E-state index in [0.717, 1.165) is 26.3 Å². The van der Waals surface area contributed by atoms with Gasteiger partial charge in [-0.2, -0.15) is 0 Å². The normalized spacial score (nSPS) is 21.5. The summed E-state index contributed by atoms with van der Waals surface area (Å²) in [6, 6.07) is 0. The van der Waals surface area contributed by atoms with Crippen molar-refractivity contribution >= 4 is 5.97 Å². The van der Waals surface area contributed by atoms with Crippen molar-refractivity contribution in [3.63, 3.8) is 0 Å². The summed E-state index contributed by atoms with van der Waals surface area (Å²) in [5.41, 5.74) is 0. The van der Waals surface area contributed by atoms with Gasteiger partial charge in [0.25, 0.3) is 0 Å². The van der Waals surface area contributed by atoms with Gasteiger partial charge in [0.2, 0.25) is 0 Å². The van der Waals surface area contributed by atoms with Crippen LogP contribution in [0.5, 0.6) is 0 Å². The minimum Gasteiger partial charge on any atom is -0.479 e. The number of morpholine rings is 1. The predicted octanol–water partition coefficient (Wildman–Crippen LogP) is -3.89. The van der Waals surface area contributed by atoms with E-state index in [1.165, 1.54) is 0 Å². The van der Waals surface area contributed by atoms with Gasteiger partial charge in [-0.15, -0.1) is 0 Å². The molecule has 0 aliphatic carbocycles. The molecule has 0 unspecified atom stereocenters. The van der Waals surface area contributed by atoms with E-state index in [2.05, 4.69) is 5.32 Å². The highest BCUT2D eigenvalue weighted by Crippen LogP contribution is 2.04. The molecule has 1 aliphatic heterocycles. The molecular formula is C10H21NO8. The van der Waals surface area contributed by atoms with E-state index < -0.39 is 37.0 Å². The zero-order valence-corrected chi connectivity index (χ0v) is 10.3. The van der Waals surface area contributed by atoms with Gasteiger partial charge >= 0.3 is 5.97 Å². The van der Waals surface area contributed by atoms with Crippen LogP contribution < -0.4 is 5.32 Å². The van der Waals surface area contributed by atoms with Gasteiger partial charge < -0.3 is 40.7 Å². The second-order valence-electron chi connectivity index (χ2n) is 3.88. The van der Waals surface area contributed by atoms with Crippen LogP contribution in [0.4, 0.5) is 0 Å². The topological polar surface area (TPSA) is 160 Å². The van der Waals surface area contributed by atoms with E-state index in [1.807, 2.05) is 0 Å². The lowest BCUT2D eigenvalue weighted by molar-refractivity contribution is -0.164. The Bertz CT molecular complexity index is 236. The molecule has 1 fully saturated rings. The lowest BCUT2D eigenvalue weighted by atomic mass is 10.0. The summed E-state index contributed by atoms with van der Waals surface area (Å²) in [5.74, 6) is -1.73. The molecule has 1 rings (SSSR count). The maximum absolute atomic E-state index is 10.1. The van der Waals surface area contributed by atoms with Crippen LogP contribution in [0.1, 0.15) is 0 Å². The molecule has 1 saturated heterocycles. The number of nitrogens with one attached hydrogen (secondary N) is 1. The SMILES string of the molecule is C1COCCN1.O=C(O)[C@H](O)[C@@H](O)[C@H](O)[C@H](O)CO. The van der Waals surface area contributed by atoms with E-state index >= 15 is 0 Å². The second kappa shape index (κ2) is 10.0. The molecule has 0 bridgehead atoms. The summed E-state index contributed by atoms with van der Waals surface area (Å²) < 4.78 is 5.01. The Morgan fingerprint density at radius 1 is 1.11 bits per heavy atom. The number of carbonyl (C=O) groups is 1. The van der Waals surface area contributed by atoms with E-state index in [1.54, 1.807) is 0 Å². The largest absolute Gasteiger partial charge is 0.479 e. The smallest absolute Gasteiger partial charge is 0.335 e. The Morgan fingerprint density at radius 3 is 1.89 bits per heavy atom. The second-order valence-corrected chi connectivity index (χ2v) is 3.88. The lowest BCUT2D eigenvalue weighted by Crippen LogP contribution is -2.48. The third kappa shape index (κ3) is 7.38. The number of aliphatic hydroxyl groups excluding tert-OH is 5. The van der Waals surface area contributed by atoms with Crippen molar-refractivity contribution in [3.8, 4) is 0 Å². The molecular weight excluding hydrogens is 262 g/mol. The molecule has 0 spiro atoms. The molecule has 9 heteroatoms. The first-order chi connectivity index (χ1) is 8.91. The van der Waals surface area contributed by atoms with Gasteiger partial charge in [-0.25, -0.2) is 4.79 Å². The van der Waals surface area contributed by atoms with Gasteiger partial charge in [-0.1, -0.05) is 0 Å². The summed E-state index contributed by atoms with van der Waals surface area (Å²) in [6.45, 7) is 2.99. The van der Waals surface area contributed by atoms with E-state index in [0.29, 0.717) is 0 Å². The predicted molar refractivity (Wildman–Crippen MR) is 62.4 cm³/mol. The zero-order chi connectivity index (χ0) is 14.8. The van der Waals surface area contributed by atoms with Gasteiger partial charge in [0.05, 0.1) is 19.8 Å². The molecule has 1 aliphatic rings. The van der Waals surface area contributed by atoms with Gasteiger partial charge in [-0.05, 0) is 0 Å². The Morgan fingerprint density at radius 2 is 1.63 bits per heavy atom. The van der Waals surface area contributed by atoms with Crippen molar-refractivity contribution in [2.75, 3.05) is 32.9 Å². The van der Waals surface area contributed by atoms with Crippen molar-refractivity contribution in [2.24, 2.45) is 0 Å². The highest BCUT2D eigenvalue weighted by atomic mass is 16.5. The van der Waals surface area contributed by atoms with Crippen LogP contribution in [0, 0.1) is 0 Å². The van der Waals surface area contributed by atoms with Crippen LogP contribution in [0.15, 0.2) is 0 Å². The van der Waals surface area contributed by atoms with E-state index in [4.69, 9.17) is 35.4 Å². The van der Waals surface area contributed by atoms with Gasteiger partial charge in [0.1, 0.15) is 18.3 Å². The Balaban J connectivity index is 0.000000443. The van der Waals surface area contributed by atoms with Crippen molar-refractivity contribution in [1.82, 2.24) is 5.32 Å². The molecule has 19 heavy (non-hydrogen) atoms. The average molecular weight is 283 g/mol. The van der Waals surface area contributed by atoms with Crippen molar-refractivity contribution in [2.45, 2.75) is 24.4 Å². The zero-order valence-electron chi connectivity index (χ0n) is 10.3. The third-order valence-corrected chi connectivity index (χ3v) is 2.35. The van der Waals surface area contributed by atoms with Crippen LogP contribution >= 0.6 is 0 Å². The monoisotopic (exact) mass is 283 g/mol. The van der Waals surface area contributed by atoms with Crippen LogP contribution in [-0.2, 0) is 9.53 Å². The number of hydrogen-bond donors (Lipinski definition) is 7. The number of carboxylic acid groups (broad SMARTS) is 1. The van der Waals surface area contributed by atoms with Crippen LogP contribution in [0.3, 0.4) is 0 Å². The standard InChI is InChI=1S/C6H12O7.C4H9NO/c7-1-2(8)3(9)4(10)5(11)6(12)13;1-3-6-4-2-5-1/h2-5,7-11H,1H2,(H,12,13);5H,1-4H2/t2-,3-,4+,5-;/m1./s1. The number of aliphatic hydroxyl groups is 5. The fraction of sp³-hybridized carbons (Fsp3) is 0.900. The molecule has 0 amide bonds. The molecule has 1 heterocycles. The van der Waals surface area contributed by atoms with E-state index in [-0.39, 0.29) is 0 Å². The molecule has 0 radical (unpaired) electrons. The highest BCUT2D eigenvalue weighted by molar-refractivity contribution is 5.72. The molecule has 0 saturated carbocycles. The minimum atomic E-state index is -2.20. The highest BCUT2D eigenvalue weighted by Gasteiger charge is 2.33. The summed E-state index contributed by atoms with van der Waals surface area (Å²) in [4.78, 5) is 10.1. The third-order valence-electron chi connectivity index (χ3n) is 2.35. The first-order valence-corrected chi connectivity index (χ1v) is 5.76. The van der Waals surface area contributed by atoms with Crippen LogP contribution in [0.25, 0.3) is 0 Å². The Labute approximate surface area is 110 Å². The number of hydrogen-bond acceptors (Lipinski definition) is 8. The van der Waals surface area contributed by atoms with Crippen molar-refractivity contribution in [3.05, 3.63) is 0 Å². The fourth-order valence-electron chi connectivity index (χ4n) is 1.18. The summed E-state index contributed by atoms with van der Waals surface area (Å²) >= 11 is 0. The molecule has 0 aromatic carbocycles. The maximum atomic E-state index is 10.1. The maximum Gasteiger partial charge on any atom is 0.335 e. The fourth-order valence-corrected chi connectivity index (χ4v) is 1.18. The summed E-state index contributed by atoms with van der Waals surface area (Å²) in [6.07, 6.45) is -7.84. The molecule has 9 nitrogen and oxygen atoms in total. The Hall–Kier alpha value is -0.810.